The number of aliphatic hydroxyl groups is 3. The van der Waals surface area contributed by atoms with Crippen LogP contribution in [0.15, 0.2) is 29.0 Å². The highest BCUT2D eigenvalue weighted by Gasteiger charge is 2.64. The number of likely N-dealkylation sites (N-methyl/N-ethyl adjacent to an activating group) is 1. The van der Waals surface area contributed by atoms with E-state index in [-0.39, 0.29) is 29.7 Å². The molecule has 10 heteroatoms. The summed E-state index contributed by atoms with van der Waals surface area (Å²) in [7, 11) is 6.75. The van der Waals surface area contributed by atoms with E-state index < -0.39 is 58.0 Å². The molecule has 0 spiro atoms. The summed E-state index contributed by atoms with van der Waals surface area (Å²) >= 11 is 0. The third-order valence-electron chi connectivity index (χ3n) is 7.06. The summed E-state index contributed by atoms with van der Waals surface area (Å²) in [6.45, 7) is 0. The number of Topliss-reactive ketones (excluding diaryl/α,β-unsaturated/α-hetero) is 2. The third-order valence-corrected chi connectivity index (χ3v) is 7.06. The largest absolute Gasteiger partial charge is 0.508 e. The molecular formula is C23H27N3O7. The van der Waals surface area contributed by atoms with E-state index in [0.29, 0.717) is 5.56 Å². The lowest BCUT2D eigenvalue weighted by molar-refractivity contribution is -0.153. The van der Waals surface area contributed by atoms with Gasteiger partial charge in [-0.25, -0.2) is 0 Å². The topological polar surface area (TPSA) is 165 Å². The Morgan fingerprint density at radius 2 is 1.76 bits per heavy atom. The molecule has 3 aliphatic carbocycles. The number of carbonyl (C=O) groups excluding carboxylic acids is 3. The fourth-order valence-corrected chi connectivity index (χ4v) is 5.65. The number of anilines is 1. The number of phenolic OH excluding ortho intramolecular Hbond substituents is 1. The predicted molar refractivity (Wildman–Crippen MR) is 119 cm³/mol. The Morgan fingerprint density at radius 3 is 2.30 bits per heavy atom. The van der Waals surface area contributed by atoms with E-state index in [9.17, 15) is 34.8 Å². The number of primary amides is 1. The monoisotopic (exact) mass is 457 g/mol. The van der Waals surface area contributed by atoms with Crippen molar-refractivity contribution in [3.05, 3.63) is 40.2 Å². The van der Waals surface area contributed by atoms with Crippen LogP contribution >= 0.6 is 0 Å². The van der Waals surface area contributed by atoms with E-state index >= 15 is 0 Å². The zero-order chi connectivity index (χ0) is 24.6. The number of rotatable bonds is 3. The van der Waals surface area contributed by atoms with E-state index in [1.54, 1.807) is 20.2 Å². The van der Waals surface area contributed by atoms with Gasteiger partial charge in [0.15, 0.2) is 11.4 Å². The van der Waals surface area contributed by atoms with Crippen molar-refractivity contribution in [1.29, 1.82) is 0 Å². The second-order valence-electron chi connectivity index (χ2n) is 9.31. The number of amides is 1. The Balaban J connectivity index is 1.99. The lowest BCUT2D eigenvalue weighted by atomic mass is 9.57. The maximum atomic E-state index is 13.7. The Morgan fingerprint density at radius 1 is 1.12 bits per heavy atom. The number of nitrogens with zero attached hydrogens (tertiary/aromatic N) is 2. The van der Waals surface area contributed by atoms with Gasteiger partial charge < -0.3 is 31.1 Å². The highest BCUT2D eigenvalue weighted by molar-refractivity contribution is 6.24. The summed E-state index contributed by atoms with van der Waals surface area (Å²) in [6, 6.07) is 2.01. The quantitative estimate of drug-likeness (QED) is 0.394. The Labute approximate surface area is 190 Å². The molecule has 176 valence electrons. The normalized spacial score (nSPS) is 29.1. The van der Waals surface area contributed by atoms with Gasteiger partial charge in [0.25, 0.3) is 5.91 Å². The van der Waals surface area contributed by atoms with Crippen LogP contribution in [0.1, 0.15) is 17.5 Å². The summed E-state index contributed by atoms with van der Waals surface area (Å²) in [5, 5.41) is 43.9. The maximum Gasteiger partial charge on any atom is 0.255 e. The van der Waals surface area contributed by atoms with Crippen molar-refractivity contribution in [1.82, 2.24) is 4.90 Å². The highest BCUT2D eigenvalue weighted by atomic mass is 16.3. The molecule has 1 saturated carbocycles. The zero-order valence-electron chi connectivity index (χ0n) is 18.8. The molecule has 0 aliphatic heterocycles. The summed E-state index contributed by atoms with van der Waals surface area (Å²) < 4.78 is 0. The number of aromatic hydroxyl groups is 1. The summed E-state index contributed by atoms with van der Waals surface area (Å²) in [5.41, 5.74) is 3.15. The van der Waals surface area contributed by atoms with Gasteiger partial charge in [0.1, 0.15) is 22.8 Å². The first-order valence-corrected chi connectivity index (χ1v) is 10.5. The van der Waals surface area contributed by atoms with Gasteiger partial charge in [0.05, 0.1) is 11.6 Å². The van der Waals surface area contributed by atoms with E-state index in [1.165, 1.54) is 11.0 Å². The summed E-state index contributed by atoms with van der Waals surface area (Å²) in [5.74, 6) is -6.54. The molecule has 10 nitrogen and oxygen atoms in total. The van der Waals surface area contributed by atoms with Gasteiger partial charge >= 0.3 is 0 Å². The fraction of sp³-hybridized carbons (Fsp3) is 0.435. The Bertz CT molecular complexity index is 1170. The number of hydrogen-bond acceptors (Lipinski definition) is 9. The first-order chi connectivity index (χ1) is 15.3. The number of phenols is 1. The number of carbonyl (C=O) groups is 3. The first kappa shape index (κ1) is 22.8. The molecule has 1 aromatic carbocycles. The molecule has 0 heterocycles. The lowest BCUT2D eigenvalue weighted by Crippen LogP contribution is -2.65. The number of benzene rings is 1. The van der Waals surface area contributed by atoms with Gasteiger partial charge in [-0.2, -0.15) is 0 Å². The molecule has 0 unspecified atom stereocenters. The SMILES string of the molecule is CN(C)c1ccc(O)c2c1C[C@H]1C[C@H]3[C@@H](N(C)C)C(=O)C(C(N)=O)=C(O)[C@]3(O)C(=O)C1=C2O. The predicted octanol–water partition coefficient (Wildman–Crippen LogP) is 0.0300. The molecule has 1 fully saturated rings. The maximum absolute atomic E-state index is 13.7. The van der Waals surface area contributed by atoms with Gasteiger partial charge in [0.2, 0.25) is 5.78 Å². The Hall–Kier alpha value is -3.37. The molecule has 4 rings (SSSR count). The van der Waals surface area contributed by atoms with Crippen LogP contribution in [0.3, 0.4) is 0 Å². The van der Waals surface area contributed by atoms with Crippen molar-refractivity contribution in [3.63, 3.8) is 0 Å². The zero-order valence-corrected chi connectivity index (χ0v) is 18.8. The van der Waals surface area contributed by atoms with Gasteiger partial charge in [-0.3, -0.25) is 19.3 Å². The van der Waals surface area contributed by atoms with Crippen LogP contribution < -0.4 is 10.6 Å². The molecule has 4 atom stereocenters. The number of aliphatic hydroxyl groups excluding tert-OH is 2. The van der Waals surface area contributed by atoms with Gasteiger partial charge in [-0.05, 0) is 50.6 Å². The minimum Gasteiger partial charge on any atom is -0.508 e. The molecule has 0 bridgehead atoms. The van der Waals surface area contributed by atoms with Crippen LogP contribution in [-0.2, 0) is 20.8 Å². The first-order valence-electron chi connectivity index (χ1n) is 10.5. The van der Waals surface area contributed by atoms with Crippen LogP contribution in [0.25, 0.3) is 5.76 Å². The van der Waals surface area contributed by atoms with Crippen LogP contribution in [0.5, 0.6) is 5.75 Å². The van der Waals surface area contributed by atoms with Crippen molar-refractivity contribution in [2.75, 3.05) is 33.1 Å². The molecule has 0 saturated heterocycles. The van der Waals surface area contributed by atoms with Gasteiger partial charge in [-0.1, -0.05) is 0 Å². The van der Waals surface area contributed by atoms with E-state index in [1.807, 2.05) is 19.0 Å². The minimum absolute atomic E-state index is 0.0638. The van der Waals surface area contributed by atoms with Crippen LogP contribution in [-0.4, -0.2) is 82.6 Å². The standard InChI is InChI=1S/C23H27N3O7/c1-25(2)12-5-6-13(27)15-10(12)7-9-8-11-17(26(3)4)19(29)16(22(24)32)21(31)23(11,33)20(30)14(9)18(15)28/h5-6,9,11,17,27-28,31,33H,7-8H2,1-4H3,(H2,24,32)/t9-,11-,17+,23+/m0/s1. The average molecular weight is 457 g/mol. The van der Waals surface area contributed by atoms with Crippen molar-refractivity contribution < 1.29 is 34.8 Å². The minimum atomic E-state index is -2.63. The third kappa shape index (κ3) is 2.90. The number of nitrogens with two attached hydrogens (primary N) is 1. The van der Waals surface area contributed by atoms with Crippen molar-refractivity contribution in [2.45, 2.75) is 24.5 Å². The van der Waals surface area contributed by atoms with Crippen molar-refractivity contribution in [3.8, 4) is 5.75 Å². The van der Waals surface area contributed by atoms with E-state index in [4.69, 9.17) is 5.73 Å². The van der Waals surface area contributed by atoms with E-state index in [2.05, 4.69) is 0 Å². The summed E-state index contributed by atoms with van der Waals surface area (Å²) in [6.07, 6.45) is 0.324. The molecular weight excluding hydrogens is 430 g/mol. The summed E-state index contributed by atoms with van der Waals surface area (Å²) in [4.78, 5) is 42.0. The fourth-order valence-electron chi connectivity index (χ4n) is 5.65. The molecule has 0 radical (unpaired) electrons. The smallest absolute Gasteiger partial charge is 0.255 e. The van der Waals surface area contributed by atoms with Gasteiger partial charge in [-0.15, -0.1) is 0 Å². The van der Waals surface area contributed by atoms with Crippen molar-refractivity contribution >= 4 is 28.9 Å². The number of fused-ring (bicyclic) bond motifs is 3. The van der Waals surface area contributed by atoms with Crippen LogP contribution in [0.2, 0.25) is 0 Å². The number of hydrogen-bond donors (Lipinski definition) is 5. The molecule has 1 aromatic rings. The van der Waals surface area contributed by atoms with Crippen LogP contribution in [0, 0.1) is 11.8 Å². The molecule has 0 aromatic heterocycles. The highest BCUT2D eigenvalue weighted by Crippen LogP contribution is 2.53. The van der Waals surface area contributed by atoms with Crippen LogP contribution in [0.4, 0.5) is 5.69 Å². The lowest BCUT2D eigenvalue weighted by Gasteiger charge is -2.50. The molecule has 6 N–H and O–H groups in total. The Kier molecular flexibility index (Phi) is 5.06. The van der Waals surface area contributed by atoms with Crippen molar-refractivity contribution in [2.24, 2.45) is 17.6 Å². The molecule has 1 amide bonds. The molecule has 33 heavy (non-hydrogen) atoms. The number of ketones is 2. The second-order valence-corrected chi connectivity index (χ2v) is 9.31. The molecule has 3 aliphatic rings. The average Bonchev–Trinajstić information content (AvgIpc) is 2.70. The van der Waals surface area contributed by atoms with E-state index in [0.717, 1.165) is 5.69 Å². The van der Waals surface area contributed by atoms with Gasteiger partial charge in [0, 0.05) is 31.3 Å². The second kappa shape index (κ2) is 7.32.